The van der Waals surface area contributed by atoms with Gasteiger partial charge in [0.1, 0.15) is 0 Å². The van der Waals surface area contributed by atoms with E-state index in [1.54, 1.807) is 16.4 Å². The number of carbonyl (C=O) groups is 1. The molecule has 1 saturated heterocycles. The predicted molar refractivity (Wildman–Crippen MR) is 133 cm³/mol. The first-order valence-electron chi connectivity index (χ1n) is 11.1. The molecule has 6 nitrogen and oxygen atoms in total. The maximum Gasteiger partial charge on any atom is 0.257 e. The average Bonchev–Trinajstić information content (AvgIpc) is 3.21. The number of nitrogens with zero attached hydrogens (tertiary/aromatic N) is 2. The number of amides is 1. The molecular weight excluding hydrogens is 454 g/mol. The number of piperidine rings is 1. The molecule has 0 saturated carbocycles. The van der Waals surface area contributed by atoms with Crippen LogP contribution in [-0.2, 0) is 10.0 Å². The Kier molecular flexibility index (Phi) is 6.70. The Bertz CT molecular complexity index is 1260. The van der Waals surface area contributed by atoms with Gasteiger partial charge in [0.25, 0.3) is 5.91 Å². The van der Waals surface area contributed by atoms with Crippen LogP contribution < -0.4 is 5.32 Å². The van der Waals surface area contributed by atoms with Crippen molar-refractivity contribution in [1.82, 2.24) is 9.29 Å². The normalized spacial score (nSPS) is 19.4. The first-order chi connectivity index (χ1) is 15.6. The molecule has 2 aromatic carbocycles. The quantitative estimate of drug-likeness (QED) is 0.531. The molecule has 2 atom stereocenters. The Morgan fingerprint density at radius 2 is 1.73 bits per heavy atom. The summed E-state index contributed by atoms with van der Waals surface area (Å²) in [6.45, 7) is 9.31. The van der Waals surface area contributed by atoms with Crippen LogP contribution in [0.15, 0.2) is 52.7 Å². The van der Waals surface area contributed by atoms with Gasteiger partial charge in [-0.25, -0.2) is 13.4 Å². The lowest BCUT2D eigenvalue weighted by atomic mass is 9.94. The van der Waals surface area contributed by atoms with E-state index in [9.17, 15) is 13.2 Å². The van der Waals surface area contributed by atoms with E-state index in [1.807, 2.05) is 31.4 Å². The molecule has 1 fully saturated rings. The third-order valence-corrected chi connectivity index (χ3v) is 8.58. The number of thiazole rings is 1. The second-order valence-electron chi connectivity index (χ2n) is 9.10. The molecule has 2 heterocycles. The van der Waals surface area contributed by atoms with E-state index < -0.39 is 10.0 Å². The number of aromatic nitrogens is 1. The lowest BCUT2D eigenvalue weighted by molar-refractivity contribution is 0.102. The first-order valence-corrected chi connectivity index (χ1v) is 13.4. The fraction of sp³-hybridized carbons (Fsp3) is 0.360. The molecule has 174 valence electrons. The van der Waals surface area contributed by atoms with Crippen molar-refractivity contribution in [2.24, 2.45) is 11.8 Å². The third kappa shape index (κ3) is 5.18. The Balaban J connectivity index is 1.46. The van der Waals surface area contributed by atoms with Crippen LogP contribution in [0.1, 0.15) is 41.8 Å². The second-order valence-corrected chi connectivity index (χ2v) is 11.9. The summed E-state index contributed by atoms with van der Waals surface area (Å²) in [6, 6.07) is 12.3. The van der Waals surface area contributed by atoms with Gasteiger partial charge in [0.05, 0.1) is 10.6 Å². The highest BCUT2D eigenvalue weighted by atomic mass is 32.2. The largest absolute Gasteiger partial charge is 0.298 e. The molecule has 1 aromatic heterocycles. The molecule has 1 amide bonds. The first kappa shape index (κ1) is 23.6. The van der Waals surface area contributed by atoms with Crippen molar-refractivity contribution in [3.8, 4) is 11.3 Å². The zero-order valence-electron chi connectivity index (χ0n) is 19.3. The summed E-state index contributed by atoms with van der Waals surface area (Å²) in [5.41, 5.74) is 4.56. The molecule has 2 unspecified atom stereocenters. The van der Waals surface area contributed by atoms with E-state index in [-0.39, 0.29) is 10.8 Å². The standard InChI is InChI=1S/C25H29N3O3S2/c1-16-5-10-22(19(4)12-16)23-15-32-25(26-23)27-24(29)20-6-8-21(9-7-20)33(30,31)28-13-17(2)11-18(3)14-28/h5-10,12,15,17-18H,11,13-14H2,1-4H3,(H,26,27,29). The number of carbonyl (C=O) groups excluding carboxylic acids is 1. The average molecular weight is 484 g/mol. The molecule has 33 heavy (non-hydrogen) atoms. The summed E-state index contributed by atoms with van der Waals surface area (Å²) in [5.74, 6) is 0.349. The van der Waals surface area contributed by atoms with Crippen molar-refractivity contribution < 1.29 is 13.2 Å². The highest BCUT2D eigenvalue weighted by Crippen LogP contribution is 2.29. The molecular formula is C25H29N3O3S2. The van der Waals surface area contributed by atoms with Gasteiger partial charge in [0, 0.05) is 29.6 Å². The van der Waals surface area contributed by atoms with Crippen LogP contribution in [0.5, 0.6) is 0 Å². The number of nitrogens with one attached hydrogen (secondary N) is 1. The lowest BCUT2D eigenvalue weighted by Crippen LogP contribution is -2.42. The molecule has 1 aliphatic heterocycles. The van der Waals surface area contributed by atoms with E-state index in [4.69, 9.17) is 0 Å². The van der Waals surface area contributed by atoms with Crippen molar-refractivity contribution in [3.05, 3.63) is 64.5 Å². The van der Waals surface area contributed by atoms with Crippen molar-refractivity contribution in [2.75, 3.05) is 18.4 Å². The third-order valence-electron chi connectivity index (χ3n) is 5.97. The number of hydrogen-bond donors (Lipinski definition) is 1. The Morgan fingerprint density at radius 3 is 2.36 bits per heavy atom. The maximum absolute atomic E-state index is 13.1. The van der Waals surface area contributed by atoms with Gasteiger partial charge in [-0.3, -0.25) is 10.1 Å². The summed E-state index contributed by atoms with van der Waals surface area (Å²) < 4.78 is 27.7. The molecule has 0 aliphatic carbocycles. The van der Waals surface area contributed by atoms with Gasteiger partial charge in [0.15, 0.2) is 5.13 Å². The number of anilines is 1. The molecule has 0 radical (unpaired) electrons. The SMILES string of the molecule is Cc1ccc(-c2csc(NC(=O)c3ccc(S(=O)(=O)N4CC(C)CC(C)C4)cc3)n2)c(C)c1. The van der Waals surface area contributed by atoms with Crippen molar-refractivity contribution in [2.45, 2.75) is 39.0 Å². The zero-order chi connectivity index (χ0) is 23.8. The van der Waals surface area contributed by atoms with Crippen molar-refractivity contribution in [1.29, 1.82) is 0 Å². The van der Waals surface area contributed by atoms with E-state index in [1.165, 1.54) is 29.0 Å². The van der Waals surface area contributed by atoms with Gasteiger partial charge in [-0.1, -0.05) is 37.6 Å². The molecule has 3 aromatic rings. The summed E-state index contributed by atoms with van der Waals surface area (Å²) in [4.78, 5) is 17.5. The Morgan fingerprint density at radius 1 is 1.06 bits per heavy atom. The van der Waals surface area contributed by atoms with Gasteiger partial charge >= 0.3 is 0 Å². The number of rotatable bonds is 5. The van der Waals surface area contributed by atoms with Crippen LogP contribution in [0.25, 0.3) is 11.3 Å². The van der Waals surface area contributed by atoms with Gasteiger partial charge in [0.2, 0.25) is 10.0 Å². The predicted octanol–water partition coefficient (Wildman–Crippen LogP) is 5.35. The summed E-state index contributed by atoms with van der Waals surface area (Å²) in [6.07, 6.45) is 1.03. The Labute approximate surface area is 199 Å². The number of sulfonamides is 1. The van der Waals surface area contributed by atoms with Crippen molar-refractivity contribution in [3.63, 3.8) is 0 Å². The van der Waals surface area contributed by atoms with E-state index in [2.05, 4.69) is 30.2 Å². The van der Waals surface area contributed by atoms with Crippen LogP contribution in [0.3, 0.4) is 0 Å². The summed E-state index contributed by atoms with van der Waals surface area (Å²) in [7, 11) is -3.57. The van der Waals surface area contributed by atoms with Crippen molar-refractivity contribution >= 4 is 32.4 Å². The summed E-state index contributed by atoms with van der Waals surface area (Å²) >= 11 is 1.36. The highest BCUT2D eigenvalue weighted by Gasteiger charge is 2.31. The fourth-order valence-electron chi connectivity index (χ4n) is 4.45. The van der Waals surface area contributed by atoms with Crippen LogP contribution in [0, 0.1) is 25.7 Å². The summed E-state index contributed by atoms with van der Waals surface area (Å²) in [5, 5.41) is 5.24. The zero-order valence-corrected chi connectivity index (χ0v) is 21.0. The minimum atomic E-state index is -3.57. The fourth-order valence-corrected chi connectivity index (χ4v) is 6.84. The van der Waals surface area contributed by atoms with Crippen LogP contribution >= 0.6 is 11.3 Å². The van der Waals surface area contributed by atoms with Gasteiger partial charge in [-0.2, -0.15) is 4.31 Å². The molecule has 1 N–H and O–H groups in total. The number of benzene rings is 2. The van der Waals surface area contributed by atoms with Crippen LogP contribution in [0.2, 0.25) is 0 Å². The smallest absolute Gasteiger partial charge is 0.257 e. The van der Waals surface area contributed by atoms with Crippen LogP contribution in [-0.4, -0.2) is 36.7 Å². The monoisotopic (exact) mass is 483 g/mol. The molecule has 0 spiro atoms. The molecule has 0 bridgehead atoms. The van der Waals surface area contributed by atoms with Gasteiger partial charge in [-0.05, 0) is 61.9 Å². The van der Waals surface area contributed by atoms with E-state index in [0.29, 0.717) is 35.6 Å². The van der Waals surface area contributed by atoms with E-state index >= 15 is 0 Å². The number of hydrogen-bond acceptors (Lipinski definition) is 5. The minimum absolute atomic E-state index is 0.215. The molecule has 1 aliphatic rings. The van der Waals surface area contributed by atoms with E-state index in [0.717, 1.165) is 23.2 Å². The minimum Gasteiger partial charge on any atom is -0.298 e. The maximum atomic E-state index is 13.1. The highest BCUT2D eigenvalue weighted by molar-refractivity contribution is 7.89. The topological polar surface area (TPSA) is 79.4 Å². The van der Waals surface area contributed by atoms with Crippen LogP contribution in [0.4, 0.5) is 5.13 Å². The van der Waals surface area contributed by atoms with Gasteiger partial charge < -0.3 is 0 Å². The lowest BCUT2D eigenvalue weighted by Gasteiger charge is -2.34. The second kappa shape index (κ2) is 9.37. The molecule has 8 heteroatoms. The number of aryl methyl sites for hydroxylation is 2. The van der Waals surface area contributed by atoms with Gasteiger partial charge in [-0.15, -0.1) is 11.3 Å². The molecule has 4 rings (SSSR count). The Hall–Kier alpha value is -2.55.